The topological polar surface area (TPSA) is 46.5 Å². The third-order valence-corrected chi connectivity index (χ3v) is 5.90. The number of aryl methyl sites for hydroxylation is 2. The van der Waals surface area contributed by atoms with E-state index in [9.17, 15) is 4.79 Å². The van der Waals surface area contributed by atoms with E-state index in [1.54, 1.807) is 0 Å². The number of rotatable bonds is 5. The van der Waals surface area contributed by atoms with E-state index in [4.69, 9.17) is 4.74 Å². The molecule has 0 radical (unpaired) electrons. The fraction of sp³-hybridized carbons (Fsp3) is 0.571. The summed E-state index contributed by atoms with van der Waals surface area (Å²) < 4.78 is 7.72. The fourth-order valence-corrected chi connectivity index (χ4v) is 4.13. The van der Waals surface area contributed by atoms with Crippen molar-refractivity contribution >= 4 is 16.8 Å². The number of amides is 1. The highest BCUT2D eigenvalue weighted by molar-refractivity contribution is 5.99. The second kappa shape index (κ2) is 7.41. The van der Waals surface area contributed by atoms with Crippen LogP contribution in [-0.4, -0.2) is 55.8 Å². The maximum Gasteiger partial charge on any atom is 0.251 e. The van der Waals surface area contributed by atoms with Gasteiger partial charge in [0.15, 0.2) is 0 Å². The van der Waals surface area contributed by atoms with E-state index in [0.717, 1.165) is 43.5 Å². The first kappa shape index (κ1) is 18.9. The summed E-state index contributed by atoms with van der Waals surface area (Å²) in [5.41, 5.74) is 4.49. The van der Waals surface area contributed by atoms with Crippen molar-refractivity contribution in [1.29, 1.82) is 0 Å². The number of nitrogens with one attached hydrogen (secondary N) is 1. The fourth-order valence-electron chi connectivity index (χ4n) is 4.13. The molecule has 1 aliphatic heterocycles. The van der Waals surface area contributed by atoms with Crippen LogP contribution >= 0.6 is 0 Å². The lowest BCUT2D eigenvalue weighted by Gasteiger charge is -2.39. The Kier molecular flexibility index (Phi) is 5.39. The van der Waals surface area contributed by atoms with Gasteiger partial charge in [-0.25, -0.2) is 0 Å². The molecule has 2 aromatic rings. The monoisotopic (exact) mass is 357 g/mol. The maximum atomic E-state index is 12.8. The van der Waals surface area contributed by atoms with Gasteiger partial charge in [-0.15, -0.1) is 0 Å². The molecule has 2 heterocycles. The van der Waals surface area contributed by atoms with E-state index in [1.165, 1.54) is 16.8 Å². The summed E-state index contributed by atoms with van der Waals surface area (Å²) in [4.78, 5) is 15.0. The molecule has 0 bridgehead atoms. The van der Waals surface area contributed by atoms with Gasteiger partial charge >= 0.3 is 0 Å². The van der Waals surface area contributed by atoms with E-state index in [0.29, 0.717) is 6.54 Å². The molecule has 1 aromatic carbocycles. The third kappa shape index (κ3) is 3.64. The molecule has 1 aliphatic rings. The van der Waals surface area contributed by atoms with E-state index in [-0.39, 0.29) is 11.3 Å². The quantitative estimate of drug-likeness (QED) is 0.895. The van der Waals surface area contributed by atoms with Crippen LogP contribution in [0.15, 0.2) is 18.2 Å². The Labute approximate surface area is 156 Å². The summed E-state index contributed by atoms with van der Waals surface area (Å²) >= 11 is 0. The summed E-state index contributed by atoms with van der Waals surface area (Å²) in [5.74, 6) is 0.0115. The van der Waals surface area contributed by atoms with Gasteiger partial charge < -0.3 is 19.5 Å². The normalized spacial score (nSPS) is 17.0. The summed E-state index contributed by atoms with van der Waals surface area (Å²) in [6, 6.07) is 6.00. The lowest BCUT2D eigenvalue weighted by molar-refractivity contribution is 0.00285. The van der Waals surface area contributed by atoms with Gasteiger partial charge in [-0.05, 0) is 64.5 Å². The van der Waals surface area contributed by atoms with E-state index < -0.39 is 0 Å². The Hall–Kier alpha value is -1.85. The number of hydrogen-bond acceptors (Lipinski definition) is 3. The Morgan fingerprint density at radius 3 is 2.62 bits per heavy atom. The highest BCUT2D eigenvalue weighted by Gasteiger charge is 2.33. The number of carbonyl (C=O) groups excluding carboxylic acids is 1. The summed E-state index contributed by atoms with van der Waals surface area (Å²) in [7, 11) is 6.25. The Balaban J connectivity index is 1.77. The lowest BCUT2D eigenvalue weighted by Crippen LogP contribution is -2.47. The molecule has 1 N–H and O–H groups in total. The van der Waals surface area contributed by atoms with Gasteiger partial charge in [-0.2, -0.15) is 0 Å². The molecule has 1 saturated heterocycles. The minimum Gasteiger partial charge on any atom is -0.381 e. The second-order valence-electron chi connectivity index (χ2n) is 8.03. The van der Waals surface area contributed by atoms with Crippen molar-refractivity contribution in [2.45, 2.75) is 26.7 Å². The number of carbonyl (C=O) groups is 1. The zero-order chi connectivity index (χ0) is 18.9. The Morgan fingerprint density at radius 1 is 1.27 bits per heavy atom. The van der Waals surface area contributed by atoms with Crippen LogP contribution in [-0.2, 0) is 11.8 Å². The van der Waals surface area contributed by atoms with Gasteiger partial charge in [0.1, 0.15) is 0 Å². The zero-order valence-electron chi connectivity index (χ0n) is 16.7. The van der Waals surface area contributed by atoms with Crippen LogP contribution in [0.4, 0.5) is 0 Å². The largest absolute Gasteiger partial charge is 0.381 e. The third-order valence-electron chi connectivity index (χ3n) is 5.90. The molecule has 142 valence electrons. The molecule has 5 heteroatoms. The number of aromatic nitrogens is 1. The summed E-state index contributed by atoms with van der Waals surface area (Å²) in [6.07, 6.45) is 1.98. The van der Waals surface area contributed by atoms with E-state index >= 15 is 0 Å². The van der Waals surface area contributed by atoms with Crippen molar-refractivity contribution in [2.75, 3.05) is 40.4 Å². The highest BCUT2D eigenvalue weighted by Crippen LogP contribution is 2.31. The maximum absolute atomic E-state index is 12.8. The van der Waals surface area contributed by atoms with Crippen LogP contribution in [0.3, 0.4) is 0 Å². The number of hydrogen-bond donors (Lipinski definition) is 1. The predicted octanol–water partition coefficient (Wildman–Crippen LogP) is 2.88. The van der Waals surface area contributed by atoms with E-state index in [1.807, 2.05) is 18.2 Å². The summed E-state index contributed by atoms with van der Waals surface area (Å²) in [5, 5.41) is 4.35. The minimum atomic E-state index is 0.0115. The molecule has 0 atom stereocenters. The van der Waals surface area contributed by atoms with Crippen LogP contribution in [0.1, 0.15) is 34.5 Å². The molecule has 1 aromatic heterocycles. The lowest BCUT2D eigenvalue weighted by atomic mass is 9.79. The van der Waals surface area contributed by atoms with Crippen LogP contribution < -0.4 is 5.32 Å². The first-order valence-corrected chi connectivity index (χ1v) is 9.39. The molecule has 3 rings (SSSR count). The van der Waals surface area contributed by atoms with Gasteiger partial charge in [0.2, 0.25) is 0 Å². The molecule has 26 heavy (non-hydrogen) atoms. The van der Waals surface area contributed by atoms with Crippen molar-refractivity contribution in [3.05, 3.63) is 35.0 Å². The molecular weight excluding hydrogens is 326 g/mol. The van der Waals surface area contributed by atoms with Crippen molar-refractivity contribution in [1.82, 2.24) is 14.8 Å². The van der Waals surface area contributed by atoms with Crippen molar-refractivity contribution in [3.63, 3.8) is 0 Å². The van der Waals surface area contributed by atoms with Gasteiger partial charge in [-0.1, -0.05) is 0 Å². The smallest absolute Gasteiger partial charge is 0.251 e. The van der Waals surface area contributed by atoms with Gasteiger partial charge in [0.05, 0.1) is 0 Å². The zero-order valence-corrected chi connectivity index (χ0v) is 16.7. The molecule has 1 amide bonds. The molecule has 1 fully saturated rings. The highest BCUT2D eigenvalue weighted by atomic mass is 16.5. The first-order valence-electron chi connectivity index (χ1n) is 9.39. The molecule has 0 saturated carbocycles. The molecule has 0 spiro atoms. The molecular formula is C21H31N3O2. The number of fused-ring (bicyclic) bond motifs is 1. The van der Waals surface area contributed by atoms with Crippen LogP contribution in [0.25, 0.3) is 10.9 Å². The Bertz CT molecular complexity index is 801. The van der Waals surface area contributed by atoms with Gasteiger partial charge in [0, 0.05) is 60.9 Å². The van der Waals surface area contributed by atoms with Gasteiger partial charge in [0.25, 0.3) is 5.91 Å². The number of ether oxygens (including phenoxy) is 1. The average molecular weight is 357 g/mol. The van der Waals surface area contributed by atoms with Crippen LogP contribution in [0, 0.1) is 19.3 Å². The van der Waals surface area contributed by atoms with E-state index in [2.05, 4.69) is 49.8 Å². The SMILES string of the molecule is Cc1c(C)n(C)c2ccc(C(=O)NCC3(CN(C)C)CCOCC3)cc12. The van der Waals surface area contributed by atoms with Crippen molar-refractivity contribution < 1.29 is 9.53 Å². The number of benzene rings is 1. The predicted molar refractivity (Wildman–Crippen MR) is 106 cm³/mol. The molecule has 0 aliphatic carbocycles. The molecule has 0 unspecified atom stereocenters. The Morgan fingerprint density at radius 2 is 1.96 bits per heavy atom. The molecule has 5 nitrogen and oxygen atoms in total. The number of nitrogens with zero attached hydrogens (tertiary/aromatic N) is 2. The van der Waals surface area contributed by atoms with Crippen LogP contribution in [0.5, 0.6) is 0 Å². The van der Waals surface area contributed by atoms with Crippen molar-refractivity contribution in [2.24, 2.45) is 12.5 Å². The minimum absolute atomic E-state index is 0.0115. The standard InChI is InChI=1S/C21H31N3O2/c1-15-16(2)24(5)19-7-6-17(12-18(15)19)20(25)22-13-21(14-23(3)4)8-10-26-11-9-21/h6-7,12H,8-11,13-14H2,1-5H3,(H,22,25). The average Bonchev–Trinajstić information content (AvgIpc) is 2.84. The van der Waals surface area contributed by atoms with Gasteiger partial charge in [-0.3, -0.25) is 4.79 Å². The summed E-state index contributed by atoms with van der Waals surface area (Å²) in [6.45, 7) is 7.44. The van der Waals surface area contributed by atoms with Crippen LogP contribution in [0.2, 0.25) is 0 Å². The first-order chi connectivity index (χ1) is 12.3. The second-order valence-corrected chi connectivity index (χ2v) is 8.03. The van der Waals surface area contributed by atoms with Crippen molar-refractivity contribution in [3.8, 4) is 0 Å².